The number of piperidine rings is 1. The largest absolute Gasteiger partial charge is 0.356 e. The lowest BCUT2D eigenvalue weighted by molar-refractivity contribution is 0.735. The third-order valence-corrected chi connectivity index (χ3v) is 6.42. The maximum atomic E-state index is 9.70. The van der Waals surface area contributed by atoms with E-state index >= 15 is 0 Å². The fraction of sp³-hybridized carbons (Fsp3) is 0.273. The number of pyridine rings is 2. The molecule has 5 heterocycles. The average molecular weight is 396 g/mol. The van der Waals surface area contributed by atoms with E-state index in [2.05, 4.69) is 26.0 Å². The molecule has 8 nitrogen and oxygen atoms in total. The number of rotatable bonds is 3. The molecule has 2 aliphatic rings. The van der Waals surface area contributed by atoms with E-state index in [9.17, 15) is 5.26 Å². The number of aromatic nitrogens is 5. The van der Waals surface area contributed by atoms with Gasteiger partial charge < -0.3 is 15.6 Å². The first-order valence-corrected chi connectivity index (χ1v) is 10.00. The van der Waals surface area contributed by atoms with Gasteiger partial charge in [0.1, 0.15) is 17.5 Å². The zero-order valence-electron chi connectivity index (χ0n) is 16.4. The lowest BCUT2D eigenvalue weighted by atomic mass is 10.00. The van der Waals surface area contributed by atoms with Crippen LogP contribution in [-0.4, -0.2) is 43.9 Å². The third kappa shape index (κ3) is 2.52. The minimum Gasteiger partial charge on any atom is -0.356 e. The molecule has 2 atom stereocenters. The summed E-state index contributed by atoms with van der Waals surface area (Å²) < 4.78 is 1.76. The summed E-state index contributed by atoms with van der Waals surface area (Å²) in [5, 5.41) is 14.8. The highest BCUT2D eigenvalue weighted by Gasteiger charge is 2.53. The van der Waals surface area contributed by atoms with Crippen LogP contribution >= 0.6 is 0 Å². The molecule has 0 amide bonds. The van der Waals surface area contributed by atoms with Crippen molar-refractivity contribution in [1.82, 2.24) is 24.7 Å². The highest BCUT2D eigenvalue weighted by Crippen LogP contribution is 2.45. The van der Waals surface area contributed by atoms with Gasteiger partial charge in [-0.05, 0) is 30.0 Å². The van der Waals surface area contributed by atoms with Crippen molar-refractivity contribution in [1.29, 1.82) is 5.26 Å². The summed E-state index contributed by atoms with van der Waals surface area (Å²) in [6, 6.07) is 8.75. The van der Waals surface area contributed by atoms with Crippen molar-refractivity contribution in [2.75, 3.05) is 18.0 Å². The van der Waals surface area contributed by atoms with Gasteiger partial charge >= 0.3 is 0 Å². The Labute approximate surface area is 173 Å². The van der Waals surface area contributed by atoms with Crippen LogP contribution in [0.4, 0.5) is 5.82 Å². The highest BCUT2D eigenvalue weighted by molar-refractivity contribution is 5.98. The van der Waals surface area contributed by atoms with Crippen LogP contribution in [0, 0.1) is 23.2 Å². The lowest BCUT2D eigenvalue weighted by Crippen LogP contribution is -2.28. The van der Waals surface area contributed by atoms with Crippen molar-refractivity contribution in [3.8, 4) is 28.5 Å². The Kier molecular flexibility index (Phi) is 3.52. The van der Waals surface area contributed by atoms with Crippen LogP contribution in [-0.2, 0) is 7.05 Å². The molecule has 1 saturated carbocycles. The standard InChI is InChI=1S/C22H20N8/c1-29-9-14(8-27-29)18-4-15-20(13(5-23)7-26-22(15)28-18)12-2-3-19(25-6-12)30-10-16-17(11-30)21(16)24/h2-4,6-9,16-17,21H,10-11,24H2,1H3,(H,26,28). The van der Waals surface area contributed by atoms with Crippen molar-refractivity contribution in [2.24, 2.45) is 24.6 Å². The molecule has 148 valence electrons. The molecule has 0 aromatic carbocycles. The molecule has 1 aliphatic carbocycles. The van der Waals surface area contributed by atoms with Crippen LogP contribution in [0.2, 0.25) is 0 Å². The Morgan fingerprint density at radius 2 is 1.97 bits per heavy atom. The van der Waals surface area contributed by atoms with Crippen LogP contribution in [0.5, 0.6) is 0 Å². The molecular formula is C22H20N8. The molecule has 30 heavy (non-hydrogen) atoms. The minimum atomic E-state index is 0.367. The van der Waals surface area contributed by atoms with E-state index in [0.29, 0.717) is 23.4 Å². The molecule has 1 saturated heterocycles. The minimum absolute atomic E-state index is 0.367. The summed E-state index contributed by atoms with van der Waals surface area (Å²) in [6.45, 7) is 1.96. The molecule has 1 aliphatic heterocycles. The van der Waals surface area contributed by atoms with Gasteiger partial charge in [-0.3, -0.25) is 4.68 Å². The van der Waals surface area contributed by atoms with Crippen molar-refractivity contribution in [3.63, 3.8) is 0 Å². The number of anilines is 1. The van der Waals surface area contributed by atoms with Crippen LogP contribution in [0.15, 0.2) is 43.0 Å². The summed E-state index contributed by atoms with van der Waals surface area (Å²) in [5.74, 6) is 2.19. The van der Waals surface area contributed by atoms with Gasteiger partial charge in [-0.25, -0.2) is 9.97 Å². The van der Waals surface area contributed by atoms with Crippen molar-refractivity contribution < 1.29 is 0 Å². The maximum absolute atomic E-state index is 9.70. The topological polar surface area (TPSA) is 112 Å². The third-order valence-electron chi connectivity index (χ3n) is 6.42. The molecule has 6 rings (SSSR count). The second-order valence-corrected chi connectivity index (χ2v) is 8.22. The summed E-state index contributed by atoms with van der Waals surface area (Å²) in [7, 11) is 1.88. The Morgan fingerprint density at radius 1 is 1.13 bits per heavy atom. The molecular weight excluding hydrogens is 376 g/mol. The van der Waals surface area contributed by atoms with Gasteiger partial charge in [0.15, 0.2) is 0 Å². The predicted octanol–water partition coefficient (Wildman–Crippen LogP) is 2.29. The van der Waals surface area contributed by atoms with E-state index < -0.39 is 0 Å². The second-order valence-electron chi connectivity index (χ2n) is 8.22. The van der Waals surface area contributed by atoms with E-state index in [0.717, 1.165) is 52.3 Å². The normalized spacial score (nSPS) is 22.3. The summed E-state index contributed by atoms with van der Waals surface area (Å²) in [6.07, 6.45) is 7.22. The molecule has 4 aromatic heterocycles. The highest BCUT2D eigenvalue weighted by atomic mass is 15.2. The van der Waals surface area contributed by atoms with Gasteiger partial charge in [-0.15, -0.1) is 0 Å². The van der Waals surface area contributed by atoms with E-state index in [1.54, 1.807) is 17.1 Å². The smallest absolute Gasteiger partial charge is 0.138 e. The molecule has 8 heteroatoms. The quantitative estimate of drug-likeness (QED) is 0.549. The Balaban J connectivity index is 1.40. The van der Waals surface area contributed by atoms with Crippen LogP contribution in [0.25, 0.3) is 33.4 Å². The van der Waals surface area contributed by atoms with Gasteiger partial charge in [0, 0.05) is 66.8 Å². The number of hydrogen-bond donors (Lipinski definition) is 2. The van der Waals surface area contributed by atoms with E-state index in [1.165, 1.54) is 0 Å². The molecule has 0 spiro atoms. The Bertz CT molecular complexity index is 1300. The van der Waals surface area contributed by atoms with Crippen LogP contribution in [0.1, 0.15) is 5.56 Å². The van der Waals surface area contributed by atoms with Gasteiger partial charge in [0.25, 0.3) is 0 Å². The van der Waals surface area contributed by atoms with E-state index in [1.807, 2.05) is 37.6 Å². The molecule has 2 fully saturated rings. The van der Waals surface area contributed by atoms with Crippen LogP contribution < -0.4 is 10.6 Å². The van der Waals surface area contributed by atoms with Gasteiger partial charge in [-0.2, -0.15) is 10.4 Å². The zero-order chi connectivity index (χ0) is 20.4. The number of fused-ring (bicyclic) bond motifs is 2. The maximum Gasteiger partial charge on any atom is 0.138 e. The number of nitrogens with two attached hydrogens (primary N) is 1. The van der Waals surface area contributed by atoms with Gasteiger partial charge in [0.2, 0.25) is 0 Å². The summed E-state index contributed by atoms with van der Waals surface area (Å²) in [5.41, 5.74) is 11.0. The molecule has 3 N–H and O–H groups in total. The second kappa shape index (κ2) is 6.15. The first-order chi connectivity index (χ1) is 14.6. The van der Waals surface area contributed by atoms with Crippen molar-refractivity contribution >= 4 is 16.9 Å². The Hall–Kier alpha value is -3.70. The monoisotopic (exact) mass is 396 g/mol. The number of aromatic amines is 1. The van der Waals surface area contributed by atoms with Crippen LogP contribution in [0.3, 0.4) is 0 Å². The number of nitrogens with one attached hydrogen (secondary N) is 1. The first kappa shape index (κ1) is 17.2. The predicted molar refractivity (Wildman–Crippen MR) is 113 cm³/mol. The Morgan fingerprint density at radius 3 is 2.63 bits per heavy atom. The number of nitrogens with zero attached hydrogens (tertiary/aromatic N) is 6. The average Bonchev–Trinajstić information content (AvgIpc) is 3.26. The molecule has 4 aromatic rings. The van der Waals surface area contributed by atoms with E-state index in [-0.39, 0.29) is 0 Å². The van der Waals surface area contributed by atoms with Gasteiger partial charge in [-0.1, -0.05) is 0 Å². The SMILES string of the molecule is Cn1cc(-c2cc3c(-c4ccc(N5CC6C(N)C6C5)nc4)c(C#N)cnc3[nH]2)cn1. The van der Waals surface area contributed by atoms with Crippen molar-refractivity contribution in [2.45, 2.75) is 6.04 Å². The summed E-state index contributed by atoms with van der Waals surface area (Å²) in [4.78, 5) is 14.8. The fourth-order valence-electron chi connectivity index (χ4n) is 4.67. The molecule has 0 bridgehead atoms. The molecule has 2 unspecified atom stereocenters. The molecule has 0 radical (unpaired) electrons. The van der Waals surface area contributed by atoms with Crippen molar-refractivity contribution in [3.05, 3.63) is 48.5 Å². The summed E-state index contributed by atoms with van der Waals surface area (Å²) >= 11 is 0. The number of nitriles is 1. The number of hydrogen-bond acceptors (Lipinski definition) is 6. The number of H-pyrrole nitrogens is 1. The van der Waals surface area contributed by atoms with Gasteiger partial charge in [0.05, 0.1) is 17.5 Å². The number of aryl methyl sites for hydroxylation is 1. The lowest BCUT2D eigenvalue weighted by Gasteiger charge is -2.20. The first-order valence-electron chi connectivity index (χ1n) is 10.00. The fourth-order valence-corrected chi connectivity index (χ4v) is 4.67. The van der Waals surface area contributed by atoms with E-state index in [4.69, 9.17) is 10.7 Å². The zero-order valence-corrected chi connectivity index (χ0v) is 16.4.